The molecule has 25 heavy (non-hydrogen) atoms. The van der Waals surface area contributed by atoms with E-state index in [2.05, 4.69) is 12.2 Å². The Kier molecular flexibility index (Phi) is 12.1. The van der Waals surface area contributed by atoms with Crippen LogP contribution in [0.3, 0.4) is 0 Å². The standard InChI is InChI=1S/C21H37NO3/c1-2-3-4-5-6-7-8-9-10-14-17-22-20(23)18-15-12-11-13-16-19(18)21(24)25/h2-17H2,1H3,(H,22,23)(H,24,25). The van der Waals surface area contributed by atoms with Crippen LogP contribution in [0.2, 0.25) is 0 Å². The van der Waals surface area contributed by atoms with Crippen LogP contribution in [-0.4, -0.2) is 23.5 Å². The number of hydrogen-bond acceptors (Lipinski definition) is 2. The van der Waals surface area contributed by atoms with Gasteiger partial charge in [-0.1, -0.05) is 71.1 Å². The molecule has 0 heterocycles. The summed E-state index contributed by atoms with van der Waals surface area (Å²) in [6, 6.07) is 0. The van der Waals surface area contributed by atoms with Crippen LogP contribution in [0.1, 0.15) is 103 Å². The van der Waals surface area contributed by atoms with Crippen LogP contribution < -0.4 is 5.32 Å². The second-order valence-electron chi connectivity index (χ2n) is 7.26. The molecule has 144 valence electrons. The first kappa shape index (κ1) is 21.7. The molecule has 0 aliphatic heterocycles. The zero-order valence-corrected chi connectivity index (χ0v) is 16.1. The van der Waals surface area contributed by atoms with Gasteiger partial charge in [-0.05, 0) is 32.1 Å². The van der Waals surface area contributed by atoms with Crippen molar-refractivity contribution in [1.29, 1.82) is 0 Å². The number of nitrogens with one attached hydrogen (secondary N) is 1. The molecule has 0 saturated carbocycles. The maximum absolute atomic E-state index is 12.3. The molecule has 1 aliphatic carbocycles. The second kappa shape index (κ2) is 13.9. The molecule has 0 saturated heterocycles. The highest BCUT2D eigenvalue weighted by molar-refractivity contribution is 6.02. The number of carbonyl (C=O) groups is 2. The molecule has 0 aromatic heterocycles. The quantitative estimate of drug-likeness (QED) is 0.438. The highest BCUT2D eigenvalue weighted by Gasteiger charge is 2.21. The monoisotopic (exact) mass is 351 g/mol. The first-order valence-corrected chi connectivity index (χ1v) is 10.4. The number of aliphatic carboxylic acids is 1. The fourth-order valence-electron chi connectivity index (χ4n) is 3.49. The topological polar surface area (TPSA) is 66.4 Å². The first-order chi connectivity index (χ1) is 12.2. The summed E-state index contributed by atoms with van der Waals surface area (Å²) in [5, 5.41) is 12.2. The van der Waals surface area contributed by atoms with Crippen molar-refractivity contribution in [3.05, 3.63) is 11.1 Å². The van der Waals surface area contributed by atoms with Gasteiger partial charge in [0.05, 0.1) is 0 Å². The number of rotatable bonds is 13. The van der Waals surface area contributed by atoms with Gasteiger partial charge in [0, 0.05) is 17.7 Å². The molecule has 1 aliphatic rings. The Labute approximate surface area is 153 Å². The molecule has 0 unspecified atom stereocenters. The van der Waals surface area contributed by atoms with Gasteiger partial charge in [0.1, 0.15) is 0 Å². The highest BCUT2D eigenvalue weighted by atomic mass is 16.4. The van der Waals surface area contributed by atoms with E-state index in [4.69, 9.17) is 0 Å². The molecular weight excluding hydrogens is 314 g/mol. The zero-order chi connectivity index (χ0) is 18.3. The van der Waals surface area contributed by atoms with E-state index < -0.39 is 5.97 Å². The van der Waals surface area contributed by atoms with Gasteiger partial charge in [0.25, 0.3) is 0 Å². The lowest BCUT2D eigenvalue weighted by Crippen LogP contribution is -2.27. The molecule has 0 atom stereocenters. The Bertz CT molecular complexity index is 429. The van der Waals surface area contributed by atoms with Crippen molar-refractivity contribution in [2.45, 2.75) is 103 Å². The molecule has 0 bridgehead atoms. The van der Waals surface area contributed by atoms with Crippen LogP contribution >= 0.6 is 0 Å². The van der Waals surface area contributed by atoms with Crippen LogP contribution in [-0.2, 0) is 9.59 Å². The summed E-state index contributed by atoms with van der Waals surface area (Å²) in [4.78, 5) is 23.6. The van der Waals surface area contributed by atoms with Gasteiger partial charge in [-0.3, -0.25) is 4.79 Å². The average Bonchev–Trinajstić information content (AvgIpc) is 2.85. The number of carbonyl (C=O) groups excluding carboxylic acids is 1. The summed E-state index contributed by atoms with van der Waals surface area (Å²) >= 11 is 0. The minimum atomic E-state index is -0.925. The largest absolute Gasteiger partial charge is 0.478 e. The van der Waals surface area contributed by atoms with E-state index in [0.717, 1.165) is 32.1 Å². The second-order valence-corrected chi connectivity index (χ2v) is 7.26. The molecule has 0 fully saturated rings. The Balaban J connectivity index is 2.12. The van der Waals surface area contributed by atoms with E-state index >= 15 is 0 Å². The van der Waals surface area contributed by atoms with Gasteiger partial charge in [0.2, 0.25) is 5.91 Å². The maximum Gasteiger partial charge on any atom is 0.332 e. The third-order valence-electron chi connectivity index (χ3n) is 5.07. The molecule has 0 radical (unpaired) electrons. The van der Waals surface area contributed by atoms with Crippen molar-refractivity contribution in [3.8, 4) is 0 Å². The van der Waals surface area contributed by atoms with E-state index in [1.54, 1.807) is 0 Å². The number of amides is 1. The lowest BCUT2D eigenvalue weighted by atomic mass is 10.0. The highest BCUT2D eigenvalue weighted by Crippen LogP contribution is 2.24. The smallest absolute Gasteiger partial charge is 0.332 e. The lowest BCUT2D eigenvalue weighted by molar-refractivity contribution is -0.133. The van der Waals surface area contributed by atoms with Crippen molar-refractivity contribution in [3.63, 3.8) is 0 Å². The average molecular weight is 352 g/mol. The number of hydrogen-bond donors (Lipinski definition) is 2. The van der Waals surface area contributed by atoms with E-state index in [9.17, 15) is 14.7 Å². The van der Waals surface area contributed by atoms with Crippen molar-refractivity contribution in [1.82, 2.24) is 5.32 Å². The molecule has 0 aromatic carbocycles. The Morgan fingerprint density at radius 1 is 0.800 bits per heavy atom. The van der Waals surface area contributed by atoms with Crippen LogP contribution in [0.25, 0.3) is 0 Å². The summed E-state index contributed by atoms with van der Waals surface area (Å²) in [7, 11) is 0. The fourth-order valence-corrected chi connectivity index (χ4v) is 3.49. The number of carboxylic acids is 1. The van der Waals surface area contributed by atoms with Crippen molar-refractivity contribution < 1.29 is 14.7 Å². The summed E-state index contributed by atoms with van der Waals surface area (Å²) in [6.45, 7) is 2.90. The van der Waals surface area contributed by atoms with Gasteiger partial charge >= 0.3 is 5.97 Å². The predicted octanol–water partition coefficient (Wildman–Crippen LogP) is 5.37. The Hall–Kier alpha value is -1.32. The van der Waals surface area contributed by atoms with Crippen LogP contribution in [0.15, 0.2) is 11.1 Å². The van der Waals surface area contributed by atoms with E-state index in [1.807, 2.05) is 0 Å². The number of carboxylic acid groups (broad SMARTS) is 1. The third kappa shape index (κ3) is 9.66. The van der Waals surface area contributed by atoms with Crippen LogP contribution in [0, 0.1) is 0 Å². The Morgan fingerprint density at radius 2 is 1.32 bits per heavy atom. The fraction of sp³-hybridized carbons (Fsp3) is 0.810. The van der Waals surface area contributed by atoms with E-state index in [-0.39, 0.29) is 5.91 Å². The lowest BCUT2D eigenvalue weighted by Gasteiger charge is -2.10. The van der Waals surface area contributed by atoms with Gasteiger partial charge in [0.15, 0.2) is 0 Å². The Morgan fingerprint density at radius 3 is 1.88 bits per heavy atom. The molecule has 0 aromatic rings. The summed E-state index contributed by atoms with van der Waals surface area (Å²) in [6.07, 6.45) is 16.6. The molecule has 0 spiro atoms. The van der Waals surface area contributed by atoms with Crippen molar-refractivity contribution >= 4 is 11.9 Å². The third-order valence-corrected chi connectivity index (χ3v) is 5.07. The summed E-state index contributed by atoms with van der Waals surface area (Å²) < 4.78 is 0. The van der Waals surface area contributed by atoms with Crippen molar-refractivity contribution in [2.75, 3.05) is 6.54 Å². The van der Waals surface area contributed by atoms with Crippen molar-refractivity contribution in [2.24, 2.45) is 0 Å². The molecule has 2 N–H and O–H groups in total. The predicted molar refractivity (Wildman–Crippen MR) is 103 cm³/mol. The normalized spacial score (nSPS) is 15.1. The number of unbranched alkanes of at least 4 members (excludes halogenated alkanes) is 9. The minimum absolute atomic E-state index is 0.157. The SMILES string of the molecule is CCCCCCCCCCCCNC(=O)C1=C(C(=O)O)CCCCC1. The van der Waals surface area contributed by atoms with E-state index in [1.165, 1.54) is 51.4 Å². The van der Waals surface area contributed by atoms with Gasteiger partial charge in [-0.2, -0.15) is 0 Å². The van der Waals surface area contributed by atoms with Gasteiger partial charge in [-0.25, -0.2) is 4.79 Å². The molecular formula is C21H37NO3. The molecule has 4 nitrogen and oxygen atoms in total. The summed E-state index contributed by atoms with van der Waals surface area (Å²) in [5.74, 6) is -1.08. The molecule has 1 rings (SSSR count). The van der Waals surface area contributed by atoms with Crippen LogP contribution in [0.4, 0.5) is 0 Å². The van der Waals surface area contributed by atoms with E-state index in [0.29, 0.717) is 30.5 Å². The van der Waals surface area contributed by atoms with Gasteiger partial charge < -0.3 is 10.4 Å². The van der Waals surface area contributed by atoms with Gasteiger partial charge in [-0.15, -0.1) is 0 Å². The molecule has 4 heteroatoms. The van der Waals surface area contributed by atoms with Crippen LogP contribution in [0.5, 0.6) is 0 Å². The maximum atomic E-state index is 12.3. The summed E-state index contributed by atoms with van der Waals surface area (Å²) in [5.41, 5.74) is 0.843. The first-order valence-electron chi connectivity index (χ1n) is 10.4. The zero-order valence-electron chi connectivity index (χ0n) is 16.1. The molecule has 1 amide bonds. The minimum Gasteiger partial charge on any atom is -0.478 e.